The van der Waals surface area contributed by atoms with Gasteiger partial charge in [0.1, 0.15) is 30.7 Å². The Balaban J connectivity index is 1.64. The van der Waals surface area contributed by atoms with Crippen molar-refractivity contribution < 1.29 is 80.5 Å². The number of ether oxygens (including phenoxy) is 1. The van der Waals surface area contributed by atoms with Gasteiger partial charge in [0, 0.05) is 30.7 Å². The van der Waals surface area contributed by atoms with Crippen LogP contribution in [0.5, 0.6) is 0 Å². The maximum atomic E-state index is 12.6. The summed E-state index contributed by atoms with van der Waals surface area (Å²) in [5, 5.41) is 26.1. The Morgan fingerprint density at radius 1 is 1.12 bits per heavy atom. The number of fused-ring (bicyclic) bond motifs is 1. The molecule has 3 heterocycles. The van der Waals surface area contributed by atoms with Crippen LogP contribution in [0.2, 0.25) is 0 Å². The normalized spacial score (nSPS) is 22.7. The minimum absolute atomic E-state index is 0.0633. The maximum Gasteiger partial charge on any atom is 0.481 e. The van der Waals surface area contributed by atoms with Crippen molar-refractivity contribution in [2.45, 2.75) is 50.9 Å². The predicted octanol–water partition coefficient (Wildman–Crippen LogP) is -1.28. The summed E-state index contributed by atoms with van der Waals surface area (Å²) >= 11 is 3.95. The monoisotopic (exact) mass is 793 g/mol. The van der Waals surface area contributed by atoms with Gasteiger partial charge in [0.25, 0.3) is 0 Å². The molecule has 1 fully saturated rings. The summed E-state index contributed by atoms with van der Waals surface area (Å²) in [4.78, 5) is 88.7. The molecule has 2 aromatic rings. The molecule has 0 spiro atoms. The minimum atomic E-state index is -5.58. The zero-order valence-electron chi connectivity index (χ0n) is 26.0. The minimum Gasteiger partial charge on any atom is -0.386 e. The Hall–Kier alpha value is -2.53. The van der Waals surface area contributed by atoms with Crippen LogP contribution in [0.15, 0.2) is 17.6 Å². The number of phosphoric acid groups is 3. The average molecular weight is 794 g/mol. The van der Waals surface area contributed by atoms with Crippen LogP contribution in [0.3, 0.4) is 0 Å². The van der Waals surface area contributed by atoms with Crippen LogP contribution in [0.1, 0.15) is 26.5 Å². The fourth-order valence-corrected chi connectivity index (χ4v) is 7.17. The number of carbonyl (C=O) groups is 2. The highest BCUT2D eigenvalue weighted by atomic mass is 32.1. The SMILES string of the molecule is CC(C)(COP(=O)(O)OP(=O)(O)OC[C@H]1O[C@@H](n2cnc3c(N=C=O)ncnc32)[C@H](O)[C@@H]1OP(=O)(O)O)C(O)C(=O)NCCC(=O)NCCS. The van der Waals surface area contributed by atoms with Gasteiger partial charge in [-0.25, -0.2) is 33.4 Å². The highest BCUT2D eigenvalue weighted by Gasteiger charge is 2.50. The van der Waals surface area contributed by atoms with Gasteiger partial charge >= 0.3 is 23.5 Å². The molecule has 0 radical (unpaired) electrons. The van der Waals surface area contributed by atoms with E-state index in [9.17, 15) is 57.9 Å². The Bertz CT molecular complexity index is 1720. The number of carbonyl (C=O) groups excluding carboxylic acids is 3. The van der Waals surface area contributed by atoms with E-state index in [2.05, 4.69) is 52.0 Å². The molecule has 0 saturated carbocycles. The number of isocyanates is 1. The van der Waals surface area contributed by atoms with E-state index < -0.39 is 78.6 Å². The maximum absolute atomic E-state index is 12.6. The topological polar surface area (TPSA) is 350 Å². The number of phosphoric ester groups is 3. The van der Waals surface area contributed by atoms with Crippen molar-refractivity contribution in [1.82, 2.24) is 30.2 Å². The first-order valence-corrected chi connectivity index (χ1v) is 19.2. The zero-order valence-corrected chi connectivity index (χ0v) is 29.6. The molecule has 7 atom stereocenters. The highest BCUT2D eigenvalue weighted by molar-refractivity contribution is 7.80. The van der Waals surface area contributed by atoms with Crippen molar-refractivity contribution in [1.29, 1.82) is 0 Å². The average Bonchev–Trinajstić information content (AvgIpc) is 3.57. The number of rotatable bonds is 19. The lowest BCUT2D eigenvalue weighted by Crippen LogP contribution is -2.46. The summed E-state index contributed by atoms with van der Waals surface area (Å²) in [7, 11) is -16.4. The van der Waals surface area contributed by atoms with Gasteiger partial charge in [0.05, 0.1) is 19.5 Å². The lowest BCUT2D eigenvalue weighted by atomic mass is 9.87. The lowest BCUT2D eigenvalue weighted by molar-refractivity contribution is -0.137. The van der Waals surface area contributed by atoms with Gasteiger partial charge in [-0.05, 0) is 0 Å². The van der Waals surface area contributed by atoms with Crippen molar-refractivity contribution in [2.24, 2.45) is 10.4 Å². The molecule has 2 aromatic heterocycles. The number of hydrogen-bond donors (Lipinski definition) is 9. The molecule has 0 bridgehead atoms. The second kappa shape index (κ2) is 17.3. The van der Waals surface area contributed by atoms with E-state index in [4.69, 9.17) is 13.8 Å². The van der Waals surface area contributed by atoms with Crippen LogP contribution >= 0.6 is 36.1 Å². The number of amides is 2. The summed E-state index contributed by atoms with van der Waals surface area (Å²) < 4.78 is 61.7. The van der Waals surface area contributed by atoms with Crippen molar-refractivity contribution >= 4 is 71.0 Å². The van der Waals surface area contributed by atoms with Gasteiger partial charge in [-0.15, -0.1) is 4.99 Å². The first kappa shape index (κ1) is 41.9. The molecule has 50 heavy (non-hydrogen) atoms. The van der Waals surface area contributed by atoms with Crippen molar-refractivity contribution in [3.63, 3.8) is 0 Å². The first-order chi connectivity index (χ1) is 23.2. The summed E-state index contributed by atoms with van der Waals surface area (Å²) in [6.07, 6.45) is -5.93. The van der Waals surface area contributed by atoms with E-state index in [0.717, 1.165) is 17.2 Å². The second-order valence-corrected chi connectivity index (χ2v) is 15.6. The molecule has 3 rings (SSSR count). The number of aliphatic hydroxyl groups is 2. The molecule has 8 N–H and O–H groups in total. The van der Waals surface area contributed by atoms with Gasteiger partial charge in [-0.1, -0.05) is 13.8 Å². The second-order valence-electron chi connectivity index (χ2n) is 10.9. The molecule has 280 valence electrons. The van der Waals surface area contributed by atoms with Crippen LogP contribution in [0.25, 0.3) is 11.2 Å². The molecule has 1 aliphatic heterocycles. The van der Waals surface area contributed by atoms with Gasteiger partial charge in [0.2, 0.25) is 17.9 Å². The number of aliphatic hydroxyl groups excluding tert-OH is 2. The molecule has 28 heteroatoms. The largest absolute Gasteiger partial charge is 0.481 e. The molecule has 0 aromatic carbocycles. The van der Waals surface area contributed by atoms with Crippen LogP contribution in [0, 0.1) is 5.41 Å². The summed E-state index contributed by atoms with van der Waals surface area (Å²) in [6, 6.07) is 0. The molecular weight excluding hydrogens is 759 g/mol. The Labute approximate surface area is 287 Å². The standard InChI is InChI=1S/C22H34N7O17P3S/c1-22(2,17(33)20(34)24-4-3-13(31)23-5-6-50)8-43-49(40,41)46-48(38,39)42-7-12-16(45-47(35,36)37)15(32)21(44-12)29-10-27-14-18(28-11-30)25-9-26-19(14)29/h9-10,12,15-17,21,32-33,50H,3-8H2,1-2H3,(H,23,31)(H,24,34)(H,38,39)(H,40,41)(H2,35,36,37)/t12-,15-,16-,17?,21-/m1/s1. The summed E-state index contributed by atoms with van der Waals surface area (Å²) in [6.45, 7) is 0.619. The number of nitrogens with one attached hydrogen (secondary N) is 2. The molecule has 3 unspecified atom stereocenters. The third-order valence-corrected chi connectivity index (χ3v) is 9.94. The van der Waals surface area contributed by atoms with E-state index >= 15 is 0 Å². The van der Waals surface area contributed by atoms with Crippen molar-refractivity contribution in [3.05, 3.63) is 12.7 Å². The Morgan fingerprint density at radius 2 is 1.80 bits per heavy atom. The molecular formula is C22H34N7O17P3S. The van der Waals surface area contributed by atoms with Crippen LogP contribution in [-0.2, 0) is 50.7 Å². The molecule has 1 aliphatic rings. The number of hydrogen-bond acceptors (Lipinski definition) is 18. The van der Waals surface area contributed by atoms with Gasteiger partial charge in [-0.3, -0.25) is 27.7 Å². The van der Waals surface area contributed by atoms with Gasteiger partial charge in [0.15, 0.2) is 23.2 Å². The lowest BCUT2D eigenvalue weighted by Gasteiger charge is -2.30. The number of imidazole rings is 1. The number of nitrogens with zero attached hydrogens (tertiary/aromatic N) is 5. The Kier molecular flexibility index (Phi) is 14.5. The quantitative estimate of drug-likeness (QED) is 0.0346. The van der Waals surface area contributed by atoms with E-state index in [0.29, 0.717) is 12.3 Å². The molecule has 2 amide bonds. The third kappa shape index (κ3) is 11.8. The van der Waals surface area contributed by atoms with Gasteiger partial charge < -0.3 is 45.2 Å². The van der Waals surface area contributed by atoms with Crippen LogP contribution in [0.4, 0.5) is 5.82 Å². The van der Waals surface area contributed by atoms with Gasteiger partial charge in [-0.2, -0.15) is 16.9 Å². The molecule has 1 saturated heterocycles. The Morgan fingerprint density at radius 3 is 2.44 bits per heavy atom. The number of aromatic nitrogens is 4. The number of aliphatic imine (C=N–C) groups is 1. The fourth-order valence-electron chi connectivity index (χ4n) is 4.23. The van der Waals surface area contributed by atoms with E-state index in [-0.39, 0.29) is 35.9 Å². The molecule has 24 nitrogen and oxygen atoms in total. The van der Waals surface area contributed by atoms with Crippen molar-refractivity contribution in [3.8, 4) is 0 Å². The predicted molar refractivity (Wildman–Crippen MR) is 167 cm³/mol. The van der Waals surface area contributed by atoms with E-state index in [1.54, 1.807) is 0 Å². The summed E-state index contributed by atoms with van der Waals surface area (Å²) in [5.74, 6) is -1.15. The number of thiol groups is 1. The van der Waals surface area contributed by atoms with E-state index in [1.165, 1.54) is 19.9 Å². The summed E-state index contributed by atoms with van der Waals surface area (Å²) in [5.41, 5.74) is -1.74. The fraction of sp³-hybridized carbons (Fsp3) is 0.636. The third-order valence-electron chi connectivity index (χ3n) is 6.62. The molecule has 0 aliphatic carbocycles. The van der Waals surface area contributed by atoms with Crippen LogP contribution < -0.4 is 10.6 Å². The van der Waals surface area contributed by atoms with Crippen molar-refractivity contribution in [2.75, 3.05) is 32.1 Å². The highest BCUT2D eigenvalue weighted by Crippen LogP contribution is 2.61. The van der Waals surface area contributed by atoms with E-state index in [1.807, 2.05) is 0 Å². The van der Waals surface area contributed by atoms with Crippen LogP contribution in [-0.4, -0.2) is 124 Å². The first-order valence-electron chi connectivity index (χ1n) is 14.0. The smallest absolute Gasteiger partial charge is 0.386 e. The zero-order chi connectivity index (χ0) is 37.5.